The largest absolute Gasteiger partial charge is 0.497 e. The number of nitrogens with zero attached hydrogens (tertiary/aromatic N) is 4. The molecule has 1 atom stereocenters. The molecule has 1 N–H and O–H groups in total. The van der Waals surface area contributed by atoms with Crippen molar-refractivity contribution in [1.29, 1.82) is 10.5 Å². The van der Waals surface area contributed by atoms with Gasteiger partial charge in [0.05, 0.1) is 30.9 Å². The maximum atomic E-state index is 13.2. The summed E-state index contributed by atoms with van der Waals surface area (Å²) in [5.41, 5.74) is 4.62. The van der Waals surface area contributed by atoms with E-state index in [2.05, 4.69) is 17.5 Å². The second-order valence-corrected chi connectivity index (χ2v) is 8.10. The van der Waals surface area contributed by atoms with Crippen molar-refractivity contribution < 1.29 is 9.53 Å². The first-order valence-electron chi connectivity index (χ1n) is 11.1. The van der Waals surface area contributed by atoms with Gasteiger partial charge in [-0.3, -0.25) is 14.3 Å². The van der Waals surface area contributed by atoms with Crippen LogP contribution in [0.3, 0.4) is 0 Å². The molecular formula is C27H29N5O2. The highest BCUT2D eigenvalue weighted by Gasteiger charge is 2.23. The molecule has 7 heteroatoms. The van der Waals surface area contributed by atoms with E-state index >= 15 is 0 Å². The zero-order valence-electron chi connectivity index (χ0n) is 20.2. The van der Waals surface area contributed by atoms with Gasteiger partial charge in [-0.2, -0.15) is 10.5 Å². The van der Waals surface area contributed by atoms with E-state index in [1.54, 1.807) is 19.2 Å². The summed E-state index contributed by atoms with van der Waals surface area (Å²) in [4.78, 5) is 15.2. The minimum absolute atomic E-state index is 0.0178. The second-order valence-electron chi connectivity index (χ2n) is 8.10. The number of likely N-dealkylation sites (N-methyl/N-ethyl adjacent to an activating group) is 1. The van der Waals surface area contributed by atoms with E-state index in [1.807, 2.05) is 73.6 Å². The number of aromatic nitrogens is 1. The molecule has 34 heavy (non-hydrogen) atoms. The molecule has 0 aliphatic carbocycles. The Balaban J connectivity index is 1.87. The molecule has 1 aromatic heterocycles. The number of hydrogen-bond donors (Lipinski definition) is 1. The standard InChI is InChI=1S/C27H29N5O2/c1-6-31(20(4)22-9-7-21(15-28)8-10-22)17-26(33)30-27-25(16-29)18(2)19(3)32(27)23-11-13-24(34-5)14-12-23/h7-14,20H,6,17H2,1-5H3,(H,30,33)/t20-/m0/s1. The number of rotatable bonds is 8. The van der Waals surface area contributed by atoms with Crippen LogP contribution in [0.25, 0.3) is 5.69 Å². The van der Waals surface area contributed by atoms with Crippen LogP contribution in [0.2, 0.25) is 0 Å². The number of anilines is 1. The molecule has 0 aliphatic heterocycles. The molecule has 1 amide bonds. The average Bonchev–Trinajstić information content (AvgIpc) is 3.10. The van der Waals surface area contributed by atoms with Gasteiger partial charge in [-0.15, -0.1) is 0 Å². The van der Waals surface area contributed by atoms with Crippen LogP contribution in [-0.4, -0.2) is 35.6 Å². The molecule has 0 aliphatic rings. The van der Waals surface area contributed by atoms with Gasteiger partial charge in [-0.25, -0.2) is 0 Å². The Morgan fingerprint density at radius 3 is 2.26 bits per heavy atom. The SMILES string of the molecule is CCN(CC(=O)Nc1c(C#N)c(C)c(C)n1-c1ccc(OC)cc1)[C@@H](C)c1ccc(C#N)cc1. The molecule has 0 spiro atoms. The van der Waals surface area contributed by atoms with Crippen LogP contribution in [0.15, 0.2) is 48.5 Å². The highest BCUT2D eigenvalue weighted by molar-refractivity contribution is 5.93. The number of benzene rings is 2. The van der Waals surface area contributed by atoms with E-state index in [-0.39, 0.29) is 18.5 Å². The zero-order chi connectivity index (χ0) is 24.8. The van der Waals surface area contributed by atoms with Gasteiger partial charge in [0, 0.05) is 17.4 Å². The Morgan fingerprint density at radius 2 is 1.74 bits per heavy atom. The summed E-state index contributed by atoms with van der Waals surface area (Å²) >= 11 is 0. The molecule has 0 saturated carbocycles. The van der Waals surface area contributed by atoms with Crippen LogP contribution in [-0.2, 0) is 4.79 Å². The molecule has 0 fully saturated rings. The second kappa shape index (κ2) is 10.7. The summed E-state index contributed by atoms with van der Waals surface area (Å²) in [5.74, 6) is 0.993. The number of nitriles is 2. The van der Waals surface area contributed by atoms with Crippen molar-refractivity contribution >= 4 is 11.7 Å². The van der Waals surface area contributed by atoms with Crippen LogP contribution in [0.4, 0.5) is 5.82 Å². The first-order chi connectivity index (χ1) is 16.3. The normalized spacial score (nSPS) is 11.5. The van der Waals surface area contributed by atoms with Crippen LogP contribution >= 0.6 is 0 Å². The van der Waals surface area contributed by atoms with Crippen molar-refractivity contribution in [3.8, 4) is 23.6 Å². The molecule has 1 heterocycles. The van der Waals surface area contributed by atoms with Crippen LogP contribution in [0.5, 0.6) is 5.75 Å². The topological polar surface area (TPSA) is 94.1 Å². The lowest BCUT2D eigenvalue weighted by Crippen LogP contribution is -2.35. The van der Waals surface area contributed by atoms with E-state index in [0.29, 0.717) is 23.5 Å². The number of methoxy groups -OCH3 is 1. The summed E-state index contributed by atoms with van der Waals surface area (Å²) in [6.07, 6.45) is 0. The average molecular weight is 456 g/mol. The summed E-state index contributed by atoms with van der Waals surface area (Å²) in [5, 5.41) is 21.8. The highest BCUT2D eigenvalue weighted by Crippen LogP contribution is 2.31. The molecule has 0 saturated heterocycles. The smallest absolute Gasteiger partial charge is 0.239 e. The first-order valence-corrected chi connectivity index (χ1v) is 11.1. The zero-order valence-corrected chi connectivity index (χ0v) is 20.2. The molecule has 0 unspecified atom stereocenters. The van der Waals surface area contributed by atoms with Gasteiger partial charge in [-0.05, 0) is 74.8 Å². The number of carbonyl (C=O) groups excluding carboxylic acids is 1. The maximum absolute atomic E-state index is 13.2. The number of carbonyl (C=O) groups is 1. The van der Waals surface area contributed by atoms with Crippen molar-refractivity contribution in [1.82, 2.24) is 9.47 Å². The minimum Gasteiger partial charge on any atom is -0.497 e. The molecule has 174 valence electrons. The summed E-state index contributed by atoms with van der Waals surface area (Å²) in [6.45, 7) is 8.68. The van der Waals surface area contributed by atoms with Crippen molar-refractivity contribution in [3.63, 3.8) is 0 Å². The van der Waals surface area contributed by atoms with Crippen LogP contribution in [0.1, 0.15) is 47.8 Å². The van der Waals surface area contributed by atoms with E-state index in [9.17, 15) is 10.1 Å². The van der Waals surface area contributed by atoms with Gasteiger partial charge in [0.15, 0.2) is 0 Å². The lowest BCUT2D eigenvalue weighted by atomic mass is 10.0. The number of ether oxygens (including phenoxy) is 1. The summed E-state index contributed by atoms with van der Waals surface area (Å²) in [6, 6.07) is 19.2. The van der Waals surface area contributed by atoms with Crippen LogP contribution in [0, 0.1) is 36.5 Å². The van der Waals surface area contributed by atoms with E-state index < -0.39 is 0 Å². The van der Waals surface area contributed by atoms with Crippen molar-refractivity contribution in [2.24, 2.45) is 0 Å². The number of amides is 1. The quantitative estimate of drug-likeness (QED) is 0.523. The maximum Gasteiger partial charge on any atom is 0.239 e. The first kappa shape index (κ1) is 24.6. The molecule has 2 aromatic carbocycles. The predicted octanol–water partition coefficient (Wildman–Crippen LogP) is 4.87. The summed E-state index contributed by atoms with van der Waals surface area (Å²) in [7, 11) is 1.61. The van der Waals surface area contributed by atoms with Crippen LogP contribution < -0.4 is 10.1 Å². The van der Waals surface area contributed by atoms with Crippen molar-refractivity contribution in [2.45, 2.75) is 33.7 Å². The molecule has 0 bridgehead atoms. The van der Waals surface area contributed by atoms with E-state index in [4.69, 9.17) is 10.00 Å². The van der Waals surface area contributed by atoms with Gasteiger partial charge in [0.2, 0.25) is 5.91 Å². The fourth-order valence-corrected chi connectivity index (χ4v) is 4.04. The number of nitrogens with one attached hydrogen (secondary N) is 1. The Hall–Kier alpha value is -4.07. The predicted molar refractivity (Wildman–Crippen MR) is 132 cm³/mol. The van der Waals surface area contributed by atoms with Gasteiger partial charge >= 0.3 is 0 Å². The Morgan fingerprint density at radius 1 is 1.09 bits per heavy atom. The monoisotopic (exact) mass is 455 g/mol. The van der Waals surface area contributed by atoms with Crippen molar-refractivity contribution in [2.75, 3.05) is 25.5 Å². The third-order valence-corrected chi connectivity index (χ3v) is 6.24. The Kier molecular flexibility index (Phi) is 7.73. The molecule has 3 aromatic rings. The minimum atomic E-state index is -0.203. The molecule has 3 rings (SSSR count). The molecule has 0 radical (unpaired) electrons. The lowest BCUT2D eigenvalue weighted by molar-refractivity contribution is -0.117. The fraction of sp³-hybridized carbons (Fsp3) is 0.296. The Bertz CT molecular complexity index is 1240. The number of hydrogen-bond acceptors (Lipinski definition) is 5. The van der Waals surface area contributed by atoms with Crippen molar-refractivity contribution in [3.05, 3.63) is 76.5 Å². The van der Waals surface area contributed by atoms with E-state index in [1.165, 1.54) is 0 Å². The van der Waals surface area contributed by atoms with Gasteiger partial charge in [0.1, 0.15) is 17.6 Å². The third-order valence-electron chi connectivity index (χ3n) is 6.24. The Labute approximate surface area is 200 Å². The molecular weight excluding hydrogens is 426 g/mol. The third kappa shape index (κ3) is 4.96. The summed E-state index contributed by atoms with van der Waals surface area (Å²) < 4.78 is 7.15. The fourth-order valence-electron chi connectivity index (χ4n) is 4.04. The molecule has 7 nitrogen and oxygen atoms in total. The lowest BCUT2D eigenvalue weighted by Gasteiger charge is -2.27. The van der Waals surface area contributed by atoms with E-state index in [0.717, 1.165) is 28.3 Å². The highest BCUT2D eigenvalue weighted by atomic mass is 16.5. The van der Waals surface area contributed by atoms with Gasteiger partial charge in [0.25, 0.3) is 0 Å². The van der Waals surface area contributed by atoms with Gasteiger partial charge in [-0.1, -0.05) is 19.1 Å². The van der Waals surface area contributed by atoms with Gasteiger partial charge < -0.3 is 10.1 Å².